The van der Waals surface area contributed by atoms with Crippen molar-refractivity contribution < 1.29 is 4.79 Å². The maximum Gasteiger partial charge on any atom is 0.148 e. The first-order valence-electron chi connectivity index (χ1n) is 4.17. The molecule has 2 rings (SSSR count). The second-order valence-electron chi connectivity index (χ2n) is 3.58. The Hall–Kier alpha value is -0.630. The van der Waals surface area contributed by atoms with E-state index < -0.39 is 0 Å². The third-order valence-corrected chi connectivity index (χ3v) is 2.59. The molecule has 11 heavy (non-hydrogen) atoms. The van der Waals surface area contributed by atoms with Gasteiger partial charge >= 0.3 is 0 Å². The van der Waals surface area contributed by atoms with Crippen LogP contribution in [0.25, 0.3) is 0 Å². The number of fused-ring (bicyclic) bond motifs is 1. The lowest BCUT2D eigenvalue weighted by molar-refractivity contribution is -0.116. The lowest BCUT2D eigenvalue weighted by Gasteiger charge is -2.26. The molecule has 0 aromatic rings. The van der Waals surface area contributed by atoms with Gasteiger partial charge in [0.1, 0.15) is 5.78 Å². The summed E-state index contributed by atoms with van der Waals surface area (Å²) in [5, 5.41) is 0. The van der Waals surface area contributed by atoms with Crippen molar-refractivity contribution in [3.8, 4) is 0 Å². The molecule has 1 saturated heterocycles. The molecule has 0 N–H and O–H groups in total. The Kier molecular flexibility index (Phi) is 1.57. The van der Waals surface area contributed by atoms with Crippen molar-refractivity contribution in [3.63, 3.8) is 0 Å². The first-order chi connectivity index (χ1) is 5.25. The number of rotatable bonds is 0. The predicted octanol–water partition coefficient (Wildman–Crippen LogP) is 0.980. The van der Waals surface area contributed by atoms with Gasteiger partial charge in [-0.2, -0.15) is 0 Å². The van der Waals surface area contributed by atoms with Gasteiger partial charge in [-0.25, -0.2) is 0 Å². The van der Waals surface area contributed by atoms with Gasteiger partial charge in [-0.1, -0.05) is 11.6 Å². The van der Waals surface area contributed by atoms with Gasteiger partial charge in [-0.05, 0) is 13.3 Å². The van der Waals surface area contributed by atoms with Crippen LogP contribution in [0, 0.1) is 0 Å². The highest BCUT2D eigenvalue weighted by atomic mass is 16.1. The highest BCUT2D eigenvalue weighted by Crippen LogP contribution is 2.24. The fraction of sp³-hybridized carbons (Fsp3) is 0.667. The monoisotopic (exact) mass is 151 g/mol. The van der Waals surface area contributed by atoms with Gasteiger partial charge in [0.15, 0.2) is 0 Å². The summed E-state index contributed by atoms with van der Waals surface area (Å²) < 4.78 is 0. The number of ketones is 1. The van der Waals surface area contributed by atoms with Crippen LogP contribution in [0.2, 0.25) is 0 Å². The molecule has 0 amide bonds. The minimum Gasteiger partial charge on any atom is -0.298 e. The molecule has 0 spiro atoms. The Morgan fingerprint density at radius 3 is 3.18 bits per heavy atom. The van der Waals surface area contributed by atoms with Gasteiger partial charge in [0.05, 0.1) is 6.54 Å². The second kappa shape index (κ2) is 2.45. The lowest BCUT2D eigenvalue weighted by Crippen LogP contribution is -2.32. The number of hydrogen-bond donors (Lipinski definition) is 0. The number of carbonyl (C=O) groups excluding carboxylic acids is 1. The van der Waals surface area contributed by atoms with Crippen molar-refractivity contribution in [2.45, 2.75) is 25.8 Å². The fourth-order valence-electron chi connectivity index (χ4n) is 1.96. The Morgan fingerprint density at radius 2 is 2.36 bits per heavy atom. The maximum atomic E-state index is 11.1. The SMILES string of the molecule is CC1=CCN2CC(=O)CC2C1. The lowest BCUT2D eigenvalue weighted by atomic mass is 10.0. The summed E-state index contributed by atoms with van der Waals surface area (Å²) in [6.45, 7) is 3.83. The van der Waals surface area contributed by atoms with E-state index in [4.69, 9.17) is 0 Å². The summed E-state index contributed by atoms with van der Waals surface area (Å²) in [6.07, 6.45) is 4.12. The molecule has 2 heteroatoms. The smallest absolute Gasteiger partial charge is 0.148 e. The fourth-order valence-corrected chi connectivity index (χ4v) is 1.96. The van der Waals surface area contributed by atoms with Crippen LogP contribution in [0.4, 0.5) is 0 Å². The molecule has 0 saturated carbocycles. The van der Waals surface area contributed by atoms with Crippen LogP contribution >= 0.6 is 0 Å². The molecule has 2 heterocycles. The number of Topliss-reactive ketones (excluding diaryl/α,β-unsaturated/α-hetero) is 1. The van der Waals surface area contributed by atoms with E-state index in [0.29, 0.717) is 18.4 Å². The van der Waals surface area contributed by atoms with Gasteiger partial charge in [0, 0.05) is 19.0 Å². The Labute approximate surface area is 66.9 Å². The molecule has 0 aliphatic carbocycles. The van der Waals surface area contributed by atoms with Gasteiger partial charge in [-0.3, -0.25) is 9.69 Å². The van der Waals surface area contributed by atoms with Crippen LogP contribution < -0.4 is 0 Å². The highest BCUT2D eigenvalue weighted by molar-refractivity contribution is 5.83. The topological polar surface area (TPSA) is 20.3 Å². The first kappa shape index (κ1) is 7.04. The maximum absolute atomic E-state index is 11.1. The minimum absolute atomic E-state index is 0.415. The molecule has 0 bridgehead atoms. The van der Waals surface area contributed by atoms with Crippen molar-refractivity contribution in [1.29, 1.82) is 0 Å². The van der Waals surface area contributed by atoms with E-state index in [1.807, 2.05) is 0 Å². The quantitative estimate of drug-likeness (QED) is 0.481. The highest BCUT2D eigenvalue weighted by Gasteiger charge is 2.31. The summed E-state index contributed by atoms with van der Waals surface area (Å²) in [7, 11) is 0. The van der Waals surface area contributed by atoms with Crippen LogP contribution in [-0.2, 0) is 4.79 Å². The average Bonchev–Trinajstić information content (AvgIpc) is 2.27. The second-order valence-corrected chi connectivity index (χ2v) is 3.58. The standard InChI is InChI=1S/C9H13NO/c1-7-2-3-10-6-9(11)5-8(10)4-7/h2,8H,3-6H2,1H3. The van der Waals surface area contributed by atoms with Crippen molar-refractivity contribution in [3.05, 3.63) is 11.6 Å². The van der Waals surface area contributed by atoms with Gasteiger partial charge in [0.2, 0.25) is 0 Å². The molecule has 2 nitrogen and oxygen atoms in total. The van der Waals surface area contributed by atoms with E-state index >= 15 is 0 Å². The molecule has 0 aromatic heterocycles. The molecule has 2 aliphatic heterocycles. The molecule has 0 radical (unpaired) electrons. The summed E-state index contributed by atoms with van der Waals surface area (Å²) in [6, 6.07) is 0.535. The molecule has 1 fully saturated rings. The zero-order chi connectivity index (χ0) is 7.84. The largest absolute Gasteiger partial charge is 0.298 e. The van der Waals surface area contributed by atoms with E-state index in [9.17, 15) is 4.79 Å². The van der Waals surface area contributed by atoms with E-state index in [-0.39, 0.29) is 0 Å². The van der Waals surface area contributed by atoms with Gasteiger partial charge in [-0.15, -0.1) is 0 Å². The van der Waals surface area contributed by atoms with Crippen LogP contribution in [0.3, 0.4) is 0 Å². The number of hydrogen-bond acceptors (Lipinski definition) is 2. The first-order valence-corrected chi connectivity index (χ1v) is 4.17. The van der Waals surface area contributed by atoms with E-state index in [2.05, 4.69) is 17.9 Å². The number of carbonyl (C=O) groups is 1. The Balaban J connectivity index is 2.12. The van der Waals surface area contributed by atoms with Crippen molar-refractivity contribution >= 4 is 5.78 Å². The van der Waals surface area contributed by atoms with E-state index in [1.54, 1.807) is 0 Å². The third kappa shape index (κ3) is 1.23. The summed E-state index contributed by atoms with van der Waals surface area (Å²) in [5.41, 5.74) is 1.45. The Morgan fingerprint density at radius 1 is 1.55 bits per heavy atom. The zero-order valence-corrected chi connectivity index (χ0v) is 6.84. The van der Waals surface area contributed by atoms with Crippen LogP contribution in [0.1, 0.15) is 19.8 Å². The van der Waals surface area contributed by atoms with Crippen molar-refractivity contribution in [2.24, 2.45) is 0 Å². The number of nitrogens with zero attached hydrogens (tertiary/aromatic N) is 1. The molecule has 1 unspecified atom stereocenters. The predicted molar refractivity (Wildman–Crippen MR) is 43.4 cm³/mol. The molecular formula is C9H13NO. The average molecular weight is 151 g/mol. The Bertz CT molecular complexity index is 220. The van der Waals surface area contributed by atoms with Crippen molar-refractivity contribution in [1.82, 2.24) is 4.90 Å². The van der Waals surface area contributed by atoms with Gasteiger partial charge in [0.25, 0.3) is 0 Å². The van der Waals surface area contributed by atoms with Gasteiger partial charge < -0.3 is 0 Å². The molecule has 60 valence electrons. The molecule has 2 aliphatic rings. The van der Waals surface area contributed by atoms with E-state index in [1.165, 1.54) is 5.57 Å². The summed E-state index contributed by atoms with van der Waals surface area (Å²) in [4.78, 5) is 13.3. The zero-order valence-electron chi connectivity index (χ0n) is 6.84. The normalized spacial score (nSPS) is 31.9. The van der Waals surface area contributed by atoms with Crippen LogP contribution in [0.15, 0.2) is 11.6 Å². The van der Waals surface area contributed by atoms with E-state index in [0.717, 1.165) is 19.4 Å². The minimum atomic E-state index is 0.415. The van der Waals surface area contributed by atoms with Crippen LogP contribution in [0.5, 0.6) is 0 Å². The molecule has 1 atom stereocenters. The molecule has 0 aromatic carbocycles. The van der Waals surface area contributed by atoms with Crippen molar-refractivity contribution in [2.75, 3.05) is 13.1 Å². The third-order valence-electron chi connectivity index (χ3n) is 2.59. The van der Waals surface area contributed by atoms with Crippen LogP contribution in [-0.4, -0.2) is 29.8 Å². The summed E-state index contributed by atoms with van der Waals surface area (Å²) in [5.74, 6) is 0.415. The molecular weight excluding hydrogens is 138 g/mol. The summed E-state index contributed by atoms with van der Waals surface area (Å²) >= 11 is 0.